The van der Waals surface area contributed by atoms with Crippen LogP contribution in [0, 0.1) is 6.92 Å². The number of fused-ring (bicyclic) bond motifs is 1. The van der Waals surface area contributed by atoms with Crippen LogP contribution >= 0.6 is 0 Å². The average Bonchev–Trinajstić information content (AvgIpc) is 2.86. The Morgan fingerprint density at radius 1 is 1.24 bits per heavy atom. The zero-order valence-electron chi connectivity index (χ0n) is 12.3. The van der Waals surface area contributed by atoms with Crippen molar-refractivity contribution in [1.82, 2.24) is 14.8 Å². The molecule has 0 radical (unpaired) electrons. The molecule has 0 spiro atoms. The van der Waals surface area contributed by atoms with E-state index in [4.69, 9.17) is 5.11 Å². The molecule has 21 heavy (non-hydrogen) atoms. The van der Waals surface area contributed by atoms with Gasteiger partial charge in [0, 0.05) is 54.9 Å². The third-order valence-corrected chi connectivity index (χ3v) is 4.08. The fourth-order valence-corrected chi connectivity index (χ4v) is 2.91. The lowest BCUT2D eigenvalue weighted by atomic mass is 10.1. The maximum absolute atomic E-state index is 12.6. The maximum Gasteiger partial charge on any atom is 0.253 e. The SMILES string of the molecule is Cc1cc2cc(C(=O)N3CCN(CCO)CC3)ccc2[nH]1. The smallest absolute Gasteiger partial charge is 0.253 e. The number of hydrogen-bond acceptors (Lipinski definition) is 3. The van der Waals surface area contributed by atoms with E-state index in [0.29, 0.717) is 6.54 Å². The molecule has 1 aromatic heterocycles. The van der Waals surface area contributed by atoms with Crippen LogP contribution in [0.5, 0.6) is 0 Å². The quantitative estimate of drug-likeness (QED) is 0.892. The highest BCUT2D eigenvalue weighted by Gasteiger charge is 2.21. The van der Waals surface area contributed by atoms with Crippen LogP contribution in [0.15, 0.2) is 24.3 Å². The van der Waals surface area contributed by atoms with Crippen molar-refractivity contribution in [2.75, 3.05) is 39.3 Å². The number of H-pyrrole nitrogens is 1. The molecule has 112 valence electrons. The van der Waals surface area contributed by atoms with E-state index < -0.39 is 0 Å². The van der Waals surface area contributed by atoms with Crippen molar-refractivity contribution in [2.24, 2.45) is 0 Å². The number of β-amino-alcohol motifs (C(OH)–C–C–N with tert-alkyl or cyclic N) is 1. The fourth-order valence-electron chi connectivity index (χ4n) is 2.91. The monoisotopic (exact) mass is 287 g/mol. The second kappa shape index (κ2) is 5.87. The van der Waals surface area contributed by atoms with Crippen LogP contribution in [-0.2, 0) is 0 Å². The van der Waals surface area contributed by atoms with E-state index in [-0.39, 0.29) is 12.5 Å². The molecule has 5 heteroatoms. The molecule has 1 aromatic carbocycles. The second-order valence-corrected chi connectivity index (χ2v) is 5.61. The van der Waals surface area contributed by atoms with Crippen LogP contribution in [0.3, 0.4) is 0 Å². The number of nitrogens with zero attached hydrogens (tertiary/aromatic N) is 2. The van der Waals surface area contributed by atoms with E-state index in [9.17, 15) is 4.79 Å². The number of aromatic amines is 1. The summed E-state index contributed by atoms with van der Waals surface area (Å²) in [6.45, 7) is 6.00. The van der Waals surface area contributed by atoms with Gasteiger partial charge >= 0.3 is 0 Å². The van der Waals surface area contributed by atoms with E-state index in [1.807, 2.05) is 30.0 Å². The molecule has 0 atom stereocenters. The first kappa shape index (κ1) is 14.1. The summed E-state index contributed by atoms with van der Waals surface area (Å²) >= 11 is 0. The van der Waals surface area contributed by atoms with E-state index in [2.05, 4.69) is 16.0 Å². The average molecular weight is 287 g/mol. The van der Waals surface area contributed by atoms with Gasteiger partial charge < -0.3 is 15.0 Å². The normalized spacial score (nSPS) is 16.6. The number of piperazine rings is 1. The lowest BCUT2D eigenvalue weighted by Crippen LogP contribution is -2.49. The highest BCUT2D eigenvalue weighted by Crippen LogP contribution is 2.18. The number of carbonyl (C=O) groups excluding carboxylic acids is 1. The van der Waals surface area contributed by atoms with Crippen LogP contribution in [0.1, 0.15) is 16.1 Å². The van der Waals surface area contributed by atoms with Crippen molar-refractivity contribution in [3.63, 3.8) is 0 Å². The molecule has 1 fully saturated rings. The van der Waals surface area contributed by atoms with Gasteiger partial charge in [0.2, 0.25) is 0 Å². The highest BCUT2D eigenvalue weighted by atomic mass is 16.3. The van der Waals surface area contributed by atoms with E-state index >= 15 is 0 Å². The number of aliphatic hydroxyl groups excluding tert-OH is 1. The number of carbonyl (C=O) groups is 1. The number of aryl methyl sites for hydroxylation is 1. The second-order valence-electron chi connectivity index (χ2n) is 5.61. The van der Waals surface area contributed by atoms with Crippen LogP contribution < -0.4 is 0 Å². The largest absolute Gasteiger partial charge is 0.395 e. The molecule has 3 rings (SSSR count). The Morgan fingerprint density at radius 3 is 2.71 bits per heavy atom. The minimum atomic E-state index is 0.0967. The zero-order valence-corrected chi connectivity index (χ0v) is 12.3. The van der Waals surface area contributed by atoms with Crippen molar-refractivity contribution >= 4 is 16.8 Å². The number of hydrogen-bond donors (Lipinski definition) is 2. The summed E-state index contributed by atoms with van der Waals surface area (Å²) in [6.07, 6.45) is 0. The highest BCUT2D eigenvalue weighted by molar-refractivity contribution is 5.98. The van der Waals surface area contributed by atoms with Crippen LogP contribution in [-0.4, -0.2) is 65.1 Å². The lowest BCUT2D eigenvalue weighted by Gasteiger charge is -2.34. The Balaban J connectivity index is 1.72. The van der Waals surface area contributed by atoms with Gasteiger partial charge in [-0.15, -0.1) is 0 Å². The number of aromatic nitrogens is 1. The van der Waals surface area contributed by atoms with E-state index in [0.717, 1.165) is 48.3 Å². The summed E-state index contributed by atoms with van der Waals surface area (Å²) in [4.78, 5) is 19.9. The van der Waals surface area contributed by atoms with Crippen molar-refractivity contribution in [3.05, 3.63) is 35.5 Å². The molecule has 0 saturated carbocycles. The van der Waals surface area contributed by atoms with Crippen molar-refractivity contribution in [1.29, 1.82) is 0 Å². The minimum absolute atomic E-state index is 0.0967. The van der Waals surface area contributed by atoms with Gasteiger partial charge in [0.1, 0.15) is 0 Å². The van der Waals surface area contributed by atoms with Gasteiger partial charge in [-0.3, -0.25) is 9.69 Å². The molecular formula is C16H21N3O2. The molecule has 5 nitrogen and oxygen atoms in total. The lowest BCUT2D eigenvalue weighted by molar-refractivity contribution is 0.0615. The van der Waals surface area contributed by atoms with Crippen molar-refractivity contribution in [2.45, 2.75) is 6.92 Å². The first-order valence-corrected chi connectivity index (χ1v) is 7.39. The molecule has 0 unspecified atom stereocenters. The Hall–Kier alpha value is -1.85. The number of aliphatic hydroxyl groups is 1. The molecule has 1 amide bonds. The van der Waals surface area contributed by atoms with Gasteiger partial charge in [0.25, 0.3) is 5.91 Å². The van der Waals surface area contributed by atoms with Crippen LogP contribution in [0.25, 0.3) is 10.9 Å². The van der Waals surface area contributed by atoms with Gasteiger partial charge in [-0.25, -0.2) is 0 Å². The fraction of sp³-hybridized carbons (Fsp3) is 0.438. The number of rotatable bonds is 3. The molecule has 2 aromatic rings. The van der Waals surface area contributed by atoms with E-state index in [1.165, 1.54) is 0 Å². The van der Waals surface area contributed by atoms with Crippen LogP contribution in [0.4, 0.5) is 0 Å². The first-order chi connectivity index (χ1) is 10.2. The molecule has 1 saturated heterocycles. The maximum atomic E-state index is 12.6. The van der Waals surface area contributed by atoms with Gasteiger partial charge in [0.05, 0.1) is 6.61 Å². The topological polar surface area (TPSA) is 59.6 Å². The van der Waals surface area contributed by atoms with Gasteiger partial charge in [-0.05, 0) is 31.2 Å². The predicted octanol–water partition coefficient (Wildman–Crippen LogP) is 1.23. The number of amides is 1. The third-order valence-electron chi connectivity index (χ3n) is 4.08. The number of benzene rings is 1. The van der Waals surface area contributed by atoms with Gasteiger partial charge in [-0.1, -0.05) is 0 Å². The predicted molar refractivity (Wildman–Crippen MR) is 82.5 cm³/mol. The summed E-state index contributed by atoms with van der Waals surface area (Å²) in [7, 11) is 0. The molecule has 1 aliphatic rings. The summed E-state index contributed by atoms with van der Waals surface area (Å²) in [5, 5.41) is 10.0. The Morgan fingerprint density at radius 2 is 2.00 bits per heavy atom. The molecule has 1 aliphatic heterocycles. The molecule has 2 N–H and O–H groups in total. The summed E-state index contributed by atoms with van der Waals surface area (Å²) in [5.74, 6) is 0.0967. The summed E-state index contributed by atoms with van der Waals surface area (Å²) in [6, 6.07) is 7.88. The summed E-state index contributed by atoms with van der Waals surface area (Å²) in [5.41, 5.74) is 2.92. The van der Waals surface area contributed by atoms with E-state index in [1.54, 1.807) is 0 Å². The van der Waals surface area contributed by atoms with Gasteiger partial charge in [-0.2, -0.15) is 0 Å². The Kier molecular flexibility index (Phi) is 3.94. The van der Waals surface area contributed by atoms with Crippen LogP contribution in [0.2, 0.25) is 0 Å². The zero-order chi connectivity index (χ0) is 14.8. The number of nitrogens with one attached hydrogen (secondary N) is 1. The molecule has 2 heterocycles. The van der Waals surface area contributed by atoms with Gasteiger partial charge in [0.15, 0.2) is 0 Å². The molecule has 0 aliphatic carbocycles. The standard InChI is InChI=1S/C16H21N3O2/c1-12-10-14-11-13(2-3-15(14)17-12)16(21)19-6-4-18(5-7-19)8-9-20/h2-3,10-11,17,20H,4-9H2,1H3. The summed E-state index contributed by atoms with van der Waals surface area (Å²) < 4.78 is 0. The molecular weight excluding hydrogens is 266 g/mol. The van der Waals surface area contributed by atoms with Crippen molar-refractivity contribution in [3.8, 4) is 0 Å². The Bertz CT molecular complexity index is 642. The Labute approximate surface area is 124 Å². The first-order valence-electron chi connectivity index (χ1n) is 7.39. The minimum Gasteiger partial charge on any atom is -0.395 e. The van der Waals surface area contributed by atoms with Crippen molar-refractivity contribution < 1.29 is 9.90 Å². The third kappa shape index (κ3) is 2.94. The molecule has 0 bridgehead atoms.